The molecule has 0 spiro atoms. The Hall–Kier alpha value is -1.95. The fourth-order valence-corrected chi connectivity index (χ4v) is 2.56. The molecule has 6 heteroatoms. The molecule has 1 aromatic rings. The van der Waals surface area contributed by atoms with E-state index in [2.05, 4.69) is 0 Å². The average molecular weight is 309 g/mol. The predicted octanol–water partition coefficient (Wildman–Crippen LogP) is 2.02. The Labute approximate surface area is 128 Å². The molecule has 2 rings (SSSR count). The van der Waals surface area contributed by atoms with Crippen LogP contribution >= 0.6 is 0 Å². The van der Waals surface area contributed by atoms with Crippen molar-refractivity contribution in [1.82, 2.24) is 4.90 Å². The molecule has 0 saturated carbocycles. The molecule has 1 amide bonds. The van der Waals surface area contributed by atoms with E-state index in [-0.39, 0.29) is 24.1 Å². The second kappa shape index (κ2) is 7.35. The van der Waals surface area contributed by atoms with Crippen LogP contribution in [0.15, 0.2) is 24.3 Å². The van der Waals surface area contributed by atoms with Gasteiger partial charge < -0.3 is 14.7 Å². The van der Waals surface area contributed by atoms with Crippen LogP contribution < -0.4 is 0 Å². The predicted molar refractivity (Wildman–Crippen MR) is 78.0 cm³/mol. The quantitative estimate of drug-likeness (QED) is 0.903. The Balaban J connectivity index is 1.90. The van der Waals surface area contributed by atoms with Gasteiger partial charge >= 0.3 is 5.97 Å². The number of aliphatic carboxylic acids is 1. The molecule has 22 heavy (non-hydrogen) atoms. The Bertz CT molecular complexity index is 531. The van der Waals surface area contributed by atoms with E-state index in [0.717, 1.165) is 5.56 Å². The van der Waals surface area contributed by atoms with Crippen LogP contribution in [0.5, 0.6) is 0 Å². The molecule has 1 aromatic carbocycles. The maximum atomic E-state index is 12.9. The molecule has 1 N–H and O–H groups in total. The number of benzene rings is 1. The molecule has 5 nitrogen and oxygen atoms in total. The molecule has 0 aromatic heterocycles. The lowest BCUT2D eigenvalue weighted by Crippen LogP contribution is -2.46. The normalized spacial score (nSPS) is 19.7. The van der Waals surface area contributed by atoms with Crippen LogP contribution in [0.4, 0.5) is 4.39 Å². The third kappa shape index (κ3) is 4.53. The summed E-state index contributed by atoms with van der Waals surface area (Å²) in [4.78, 5) is 24.7. The molecule has 1 saturated heterocycles. The zero-order valence-corrected chi connectivity index (χ0v) is 12.5. The molecule has 0 aliphatic carbocycles. The van der Waals surface area contributed by atoms with Gasteiger partial charge in [-0.05, 0) is 23.6 Å². The third-order valence-corrected chi connectivity index (χ3v) is 3.81. The van der Waals surface area contributed by atoms with E-state index in [1.165, 1.54) is 12.1 Å². The molecule has 0 radical (unpaired) electrons. The number of nitrogens with zero attached hydrogens (tertiary/aromatic N) is 1. The van der Waals surface area contributed by atoms with Crippen LogP contribution in [0.3, 0.4) is 0 Å². The first-order valence-corrected chi connectivity index (χ1v) is 7.32. The monoisotopic (exact) mass is 309 g/mol. The van der Waals surface area contributed by atoms with Gasteiger partial charge in [-0.15, -0.1) is 0 Å². The average Bonchev–Trinajstić information content (AvgIpc) is 2.47. The fraction of sp³-hybridized carbons (Fsp3) is 0.500. The van der Waals surface area contributed by atoms with Crippen LogP contribution in [0, 0.1) is 5.82 Å². The molecule has 2 unspecified atom stereocenters. The highest BCUT2D eigenvalue weighted by Crippen LogP contribution is 2.21. The summed E-state index contributed by atoms with van der Waals surface area (Å²) in [6.07, 6.45) is -0.237. The second-order valence-corrected chi connectivity index (χ2v) is 5.59. The number of amides is 1. The molecule has 1 aliphatic rings. The van der Waals surface area contributed by atoms with Crippen molar-refractivity contribution in [3.63, 3.8) is 0 Å². The number of hydrogen-bond donors (Lipinski definition) is 1. The summed E-state index contributed by atoms with van der Waals surface area (Å²) in [5, 5.41) is 8.79. The van der Waals surface area contributed by atoms with Crippen LogP contribution in [-0.2, 0) is 14.3 Å². The number of ether oxygens (including phenoxy) is 1. The SMILES string of the molecule is CC(CC(=O)N1CCOC(CC(=O)O)C1)c1ccc(F)cc1. The molecular weight excluding hydrogens is 289 g/mol. The van der Waals surface area contributed by atoms with E-state index in [1.54, 1.807) is 17.0 Å². The fourth-order valence-electron chi connectivity index (χ4n) is 2.56. The highest BCUT2D eigenvalue weighted by atomic mass is 19.1. The van der Waals surface area contributed by atoms with Gasteiger partial charge in [0.15, 0.2) is 0 Å². The Kier molecular flexibility index (Phi) is 5.49. The molecule has 1 fully saturated rings. The van der Waals surface area contributed by atoms with Crippen molar-refractivity contribution in [1.29, 1.82) is 0 Å². The van der Waals surface area contributed by atoms with Crippen molar-refractivity contribution < 1.29 is 23.8 Å². The van der Waals surface area contributed by atoms with Crippen molar-refractivity contribution in [2.24, 2.45) is 0 Å². The number of rotatable bonds is 5. The summed E-state index contributed by atoms with van der Waals surface area (Å²) >= 11 is 0. The first kappa shape index (κ1) is 16.4. The number of carboxylic acids is 1. The van der Waals surface area contributed by atoms with Gasteiger partial charge in [-0.25, -0.2) is 4.39 Å². The lowest BCUT2D eigenvalue weighted by Gasteiger charge is -2.33. The third-order valence-electron chi connectivity index (χ3n) is 3.81. The highest BCUT2D eigenvalue weighted by Gasteiger charge is 2.26. The van der Waals surface area contributed by atoms with Crippen LogP contribution in [-0.4, -0.2) is 47.7 Å². The van der Waals surface area contributed by atoms with E-state index in [4.69, 9.17) is 9.84 Å². The Morgan fingerprint density at radius 3 is 2.73 bits per heavy atom. The van der Waals surface area contributed by atoms with Crippen molar-refractivity contribution in [2.75, 3.05) is 19.7 Å². The van der Waals surface area contributed by atoms with E-state index in [9.17, 15) is 14.0 Å². The van der Waals surface area contributed by atoms with Gasteiger partial charge in [0.25, 0.3) is 0 Å². The molecule has 120 valence electrons. The van der Waals surface area contributed by atoms with Crippen LogP contribution in [0.2, 0.25) is 0 Å². The standard InChI is InChI=1S/C16H20FNO4/c1-11(12-2-4-13(17)5-3-12)8-15(19)18-6-7-22-14(10-18)9-16(20)21/h2-5,11,14H,6-10H2,1H3,(H,20,21). The maximum absolute atomic E-state index is 12.9. The van der Waals surface area contributed by atoms with Gasteiger partial charge in [0.05, 0.1) is 19.1 Å². The molecular formula is C16H20FNO4. The lowest BCUT2D eigenvalue weighted by atomic mass is 9.97. The van der Waals surface area contributed by atoms with Gasteiger partial charge in [-0.1, -0.05) is 19.1 Å². The van der Waals surface area contributed by atoms with Crippen molar-refractivity contribution in [3.8, 4) is 0 Å². The number of hydrogen-bond acceptors (Lipinski definition) is 3. The molecule has 2 atom stereocenters. The summed E-state index contributed by atoms with van der Waals surface area (Å²) in [6, 6.07) is 6.13. The summed E-state index contributed by atoms with van der Waals surface area (Å²) in [6.45, 7) is 3.06. The van der Waals surface area contributed by atoms with E-state index < -0.39 is 12.1 Å². The zero-order chi connectivity index (χ0) is 16.1. The summed E-state index contributed by atoms with van der Waals surface area (Å²) in [5.41, 5.74) is 0.907. The number of carbonyl (C=O) groups excluding carboxylic acids is 1. The summed E-state index contributed by atoms with van der Waals surface area (Å²) in [7, 11) is 0. The topological polar surface area (TPSA) is 66.8 Å². The largest absolute Gasteiger partial charge is 0.481 e. The maximum Gasteiger partial charge on any atom is 0.306 e. The number of carbonyl (C=O) groups is 2. The van der Waals surface area contributed by atoms with Gasteiger partial charge in [0.2, 0.25) is 5.91 Å². The van der Waals surface area contributed by atoms with Gasteiger partial charge in [-0.3, -0.25) is 9.59 Å². The van der Waals surface area contributed by atoms with Gasteiger partial charge in [0, 0.05) is 19.5 Å². The van der Waals surface area contributed by atoms with Crippen molar-refractivity contribution in [3.05, 3.63) is 35.6 Å². The minimum absolute atomic E-state index is 0.0196. The smallest absolute Gasteiger partial charge is 0.306 e. The van der Waals surface area contributed by atoms with Crippen molar-refractivity contribution in [2.45, 2.75) is 31.8 Å². The molecule has 1 heterocycles. The lowest BCUT2D eigenvalue weighted by molar-refractivity contribution is -0.147. The summed E-state index contributed by atoms with van der Waals surface area (Å²) in [5.74, 6) is -1.28. The highest BCUT2D eigenvalue weighted by molar-refractivity contribution is 5.77. The minimum atomic E-state index is -0.932. The molecule has 0 bridgehead atoms. The van der Waals surface area contributed by atoms with E-state index in [0.29, 0.717) is 26.1 Å². The second-order valence-electron chi connectivity index (χ2n) is 5.59. The van der Waals surface area contributed by atoms with Crippen LogP contribution in [0.1, 0.15) is 31.2 Å². The van der Waals surface area contributed by atoms with Crippen molar-refractivity contribution >= 4 is 11.9 Å². The van der Waals surface area contributed by atoms with Crippen LogP contribution in [0.25, 0.3) is 0 Å². The van der Waals surface area contributed by atoms with Gasteiger partial charge in [0.1, 0.15) is 5.82 Å². The first-order valence-electron chi connectivity index (χ1n) is 7.32. The number of carboxylic acid groups (broad SMARTS) is 1. The molecule has 1 aliphatic heterocycles. The number of halogens is 1. The summed E-state index contributed by atoms with van der Waals surface area (Å²) < 4.78 is 18.3. The minimum Gasteiger partial charge on any atom is -0.481 e. The number of morpholine rings is 1. The Morgan fingerprint density at radius 1 is 1.41 bits per heavy atom. The van der Waals surface area contributed by atoms with E-state index in [1.807, 2.05) is 6.92 Å². The zero-order valence-electron chi connectivity index (χ0n) is 12.5. The van der Waals surface area contributed by atoms with Gasteiger partial charge in [-0.2, -0.15) is 0 Å². The Morgan fingerprint density at radius 2 is 2.09 bits per heavy atom. The first-order chi connectivity index (χ1) is 10.5. The van der Waals surface area contributed by atoms with E-state index >= 15 is 0 Å².